The standard InChI is InChI=1S/C81H161NO5/c1-3-5-7-9-11-13-15-17-19-20-21-22-23-30-33-36-39-42-46-49-53-57-61-65-69-73-79(84)78(77-83)82-80(85)74-70-66-62-58-54-50-47-43-40-37-34-31-28-26-24-25-27-29-32-35-38-41-44-48-52-56-60-64-68-72-76-87-81(86)75-71-67-63-59-55-51-45-18-16-14-12-10-8-6-4-2/h78-79,83-84H,3-77H2,1-2H3,(H,82,85). The van der Waals surface area contributed by atoms with Crippen molar-refractivity contribution in [2.75, 3.05) is 13.2 Å². The molecule has 0 saturated carbocycles. The maximum Gasteiger partial charge on any atom is 0.305 e. The molecule has 0 aromatic carbocycles. The number of aliphatic hydroxyl groups excluding tert-OH is 2. The third-order valence-corrected chi connectivity index (χ3v) is 19.7. The van der Waals surface area contributed by atoms with Gasteiger partial charge in [0.1, 0.15) is 0 Å². The van der Waals surface area contributed by atoms with Crippen LogP contribution in [0.5, 0.6) is 0 Å². The molecule has 0 aliphatic carbocycles. The Morgan fingerprint density at radius 3 is 0.701 bits per heavy atom. The fraction of sp³-hybridized carbons (Fsp3) is 0.975. The first-order chi connectivity index (χ1) is 43.0. The van der Waals surface area contributed by atoms with E-state index in [0.29, 0.717) is 25.9 Å². The molecule has 6 nitrogen and oxygen atoms in total. The topological polar surface area (TPSA) is 95.9 Å². The minimum Gasteiger partial charge on any atom is -0.466 e. The van der Waals surface area contributed by atoms with E-state index in [2.05, 4.69) is 19.2 Å². The minimum absolute atomic E-state index is 0.0242. The van der Waals surface area contributed by atoms with Crippen LogP contribution in [0.15, 0.2) is 0 Å². The van der Waals surface area contributed by atoms with Crippen LogP contribution >= 0.6 is 0 Å². The number of ether oxygens (including phenoxy) is 1. The first-order valence-electron chi connectivity index (χ1n) is 40.8. The molecule has 1 amide bonds. The summed E-state index contributed by atoms with van der Waals surface area (Å²) in [5.74, 6) is 0.000575. The molecule has 2 unspecified atom stereocenters. The Hall–Kier alpha value is -1.14. The van der Waals surface area contributed by atoms with Gasteiger partial charge in [0, 0.05) is 12.8 Å². The molecular weight excluding hydrogens is 1070 g/mol. The van der Waals surface area contributed by atoms with Gasteiger partial charge in [-0.25, -0.2) is 0 Å². The average Bonchev–Trinajstić information content (AvgIpc) is 3.54. The third kappa shape index (κ3) is 73.8. The smallest absolute Gasteiger partial charge is 0.305 e. The predicted octanol–water partition coefficient (Wildman–Crippen LogP) is 26.9. The molecule has 0 aromatic heterocycles. The molecule has 0 heterocycles. The molecule has 0 aliphatic rings. The monoisotopic (exact) mass is 1230 g/mol. The van der Waals surface area contributed by atoms with Gasteiger partial charge in [0.05, 0.1) is 25.4 Å². The number of hydrogen-bond donors (Lipinski definition) is 3. The first-order valence-corrected chi connectivity index (χ1v) is 40.8. The molecule has 6 heteroatoms. The van der Waals surface area contributed by atoms with Crippen molar-refractivity contribution in [1.29, 1.82) is 0 Å². The van der Waals surface area contributed by atoms with Crippen molar-refractivity contribution < 1.29 is 24.5 Å². The summed E-state index contributed by atoms with van der Waals surface area (Å²) in [6.07, 6.45) is 96.3. The summed E-state index contributed by atoms with van der Waals surface area (Å²) in [7, 11) is 0. The maximum atomic E-state index is 12.6. The van der Waals surface area contributed by atoms with E-state index in [-0.39, 0.29) is 18.5 Å². The van der Waals surface area contributed by atoms with E-state index in [4.69, 9.17) is 4.74 Å². The molecular formula is C81H161NO5. The highest BCUT2D eigenvalue weighted by molar-refractivity contribution is 5.76. The zero-order valence-electron chi connectivity index (χ0n) is 59.8. The quantitative estimate of drug-likeness (QED) is 0.0417. The molecule has 87 heavy (non-hydrogen) atoms. The van der Waals surface area contributed by atoms with Gasteiger partial charge in [-0.2, -0.15) is 0 Å². The maximum absolute atomic E-state index is 12.6. The minimum atomic E-state index is -0.662. The Balaban J connectivity index is 3.32. The number of hydrogen-bond acceptors (Lipinski definition) is 5. The fourth-order valence-electron chi connectivity index (χ4n) is 13.5. The summed E-state index contributed by atoms with van der Waals surface area (Å²) in [6, 6.07) is -0.539. The summed E-state index contributed by atoms with van der Waals surface area (Å²) in [4.78, 5) is 24.7. The summed E-state index contributed by atoms with van der Waals surface area (Å²) >= 11 is 0. The second-order valence-corrected chi connectivity index (χ2v) is 28.5. The normalized spacial score (nSPS) is 12.4. The zero-order chi connectivity index (χ0) is 62.8. The van der Waals surface area contributed by atoms with E-state index in [0.717, 1.165) is 38.5 Å². The molecule has 0 rings (SSSR count). The van der Waals surface area contributed by atoms with Gasteiger partial charge in [0.2, 0.25) is 5.91 Å². The Morgan fingerprint density at radius 1 is 0.276 bits per heavy atom. The molecule has 0 radical (unpaired) electrons. The molecule has 0 aliphatic heterocycles. The molecule has 0 fully saturated rings. The van der Waals surface area contributed by atoms with Crippen molar-refractivity contribution in [3.05, 3.63) is 0 Å². The van der Waals surface area contributed by atoms with E-state index in [1.54, 1.807) is 0 Å². The zero-order valence-corrected chi connectivity index (χ0v) is 59.8. The van der Waals surface area contributed by atoms with E-state index in [1.807, 2.05) is 0 Å². The van der Waals surface area contributed by atoms with Crippen molar-refractivity contribution in [2.45, 2.75) is 495 Å². The van der Waals surface area contributed by atoms with E-state index in [9.17, 15) is 19.8 Å². The van der Waals surface area contributed by atoms with Gasteiger partial charge in [-0.1, -0.05) is 444 Å². The summed E-state index contributed by atoms with van der Waals surface area (Å²) in [5.41, 5.74) is 0. The van der Waals surface area contributed by atoms with Crippen molar-refractivity contribution in [3.63, 3.8) is 0 Å². The van der Waals surface area contributed by atoms with Gasteiger partial charge in [-0.15, -0.1) is 0 Å². The number of amides is 1. The van der Waals surface area contributed by atoms with E-state index < -0.39 is 12.1 Å². The number of carbonyl (C=O) groups excluding carboxylic acids is 2. The summed E-state index contributed by atoms with van der Waals surface area (Å²) < 4.78 is 5.51. The van der Waals surface area contributed by atoms with Gasteiger partial charge in [-0.05, 0) is 25.7 Å². The Labute approximate surface area is 547 Å². The van der Waals surface area contributed by atoms with Crippen LogP contribution in [0.25, 0.3) is 0 Å². The summed E-state index contributed by atoms with van der Waals surface area (Å²) in [6.45, 7) is 5.02. The molecule has 0 saturated heterocycles. The molecule has 3 N–H and O–H groups in total. The van der Waals surface area contributed by atoms with Crippen molar-refractivity contribution in [2.24, 2.45) is 0 Å². The van der Waals surface area contributed by atoms with Crippen LogP contribution in [0.3, 0.4) is 0 Å². The van der Waals surface area contributed by atoms with Crippen LogP contribution in [0.4, 0.5) is 0 Å². The Bertz CT molecular complexity index is 1280. The van der Waals surface area contributed by atoms with Crippen LogP contribution in [-0.4, -0.2) is 47.4 Å². The predicted molar refractivity (Wildman–Crippen MR) is 384 cm³/mol. The van der Waals surface area contributed by atoms with Crippen LogP contribution in [0, 0.1) is 0 Å². The molecule has 2 atom stereocenters. The largest absolute Gasteiger partial charge is 0.466 e. The van der Waals surface area contributed by atoms with E-state index >= 15 is 0 Å². The molecule has 0 bridgehead atoms. The van der Waals surface area contributed by atoms with Crippen LogP contribution in [-0.2, 0) is 14.3 Å². The van der Waals surface area contributed by atoms with Crippen molar-refractivity contribution >= 4 is 11.9 Å². The Kier molecular flexibility index (Phi) is 76.3. The molecule has 0 aromatic rings. The van der Waals surface area contributed by atoms with Gasteiger partial charge < -0.3 is 20.3 Å². The second-order valence-electron chi connectivity index (χ2n) is 28.5. The highest BCUT2D eigenvalue weighted by Crippen LogP contribution is 2.21. The summed E-state index contributed by atoms with van der Waals surface area (Å²) in [5, 5.41) is 23.5. The number of carbonyl (C=O) groups is 2. The first kappa shape index (κ1) is 85.9. The lowest BCUT2D eigenvalue weighted by Crippen LogP contribution is -2.45. The van der Waals surface area contributed by atoms with Crippen molar-refractivity contribution in [3.8, 4) is 0 Å². The van der Waals surface area contributed by atoms with Crippen LogP contribution in [0.1, 0.15) is 483 Å². The van der Waals surface area contributed by atoms with Crippen molar-refractivity contribution in [1.82, 2.24) is 5.32 Å². The fourth-order valence-corrected chi connectivity index (χ4v) is 13.5. The van der Waals surface area contributed by atoms with E-state index in [1.165, 1.54) is 411 Å². The van der Waals surface area contributed by atoms with Gasteiger partial charge in [0.15, 0.2) is 0 Å². The lowest BCUT2D eigenvalue weighted by atomic mass is 10.0. The highest BCUT2D eigenvalue weighted by Gasteiger charge is 2.20. The van der Waals surface area contributed by atoms with Crippen LogP contribution in [0.2, 0.25) is 0 Å². The van der Waals surface area contributed by atoms with Gasteiger partial charge >= 0.3 is 5.97 Å². The molecule has 520 valence electrons. The SMILES string of the molecule is CCCCCCCCCCCCCCCCCCCCCCCCCCCC(O)C(CO)NC(=O)CCCCCCCCCCCCCCCCCCCCCCCCCCCCCCCCOC(=O)CCCCCCCCCCCCCCCCC. The number of nitrogens with one attached hydrogen (secondary N) is 1. The van der Waals surface area contributed by atoms with Crippen LogP contribution < -0.4 is 5.32 Å². The molecule has 0 spiro atoms. The average molecular weight is 1230 g/mol. The number of rotatable bonds is 78. The third-order valence-electron chi connectivity index (χ3n) is 19.7. The number of esters is 1. The highest BCUT2D eigenvalue weighted by atomic mass is 16.5. The second kappa shape index (κ2) is 77.3. The Morgan fingerprint density at radius 2 is 0.471 bits per heavy atom. The lowest BCUT2D eigenvalue weighted by Gasteiger charge is -2.22. The number of unbranched alkanes of at least 4 members (excludes halogenated alkanes) is 67. The van der Waals surface area contributed by atoms with Gasteiger partial charge in [0.25, 0.3) is 0 Å². The van der Waals surface area contributed by atoms with Gasteiger partial charge in [-0.3, -0.25) is 9.59 Å². The number of aliphatic hydroxyl groups is 2. The lowest BCUT2D eigenvalue weighted by molar-refractivity contribution is -0.143.